The van der Waals surface area contributed by atoms with Crippen molar-refractivity contribution < 1.29 is 14.3 Å². The second kappa shape index (κ2) is 5.13. The van der Waals surface area contributed by atoms with Gasteiger partial charge in [-0.1, -0.05) is 12.1 Å². The lowest BCUT2D eigenvalue weighted by molar-refractivity contribution is 0.0190. The highest BCUT2D eigenvalue weighted by atomic mass is 16.5. The van der Waals surface area contributed by atoms with Gasteiger partial charge in [0.05, 0.1) is 12.0 Å². The van der Waals surface area contributed by atoms with E-state index in [1.807, 2.05) is 25.1 Å². The van der Waals surface area contributed by atoms with Gasteiger partial charge in [-0.05, 0) is 43.3 Å². The molecule has 1 heterocycles. The second-order valence-corrected chi connectivity index (χ2v) is 5.51. The fraction of sp³-hybridized carbons (Fsp3) is 0.235. The number of rotatable bonds is 3. The summed E-state index contributed by atoms with van der Waals surface area (Å²) in [7, 11) is 0. The van der Waals surface area contributed by atoms with E-state index in [1.54, 1.807) is 30.3 Å². The van der Waals surface area contributed by atoms with Crippen LogP contribution >= 0.6 is 0 Å². The van der Waals surface area contributed by atoms with Gasteiger partial charge in [0.1, 0.15) is 23.7 Å². The molecule has 0 saturated carbocycles. The van der Waals surface area contributed by atoms with Gasteiger partial charge in [0.25, 0.3) is 0 Å². The van der Waals surface area contributed by atoms with Crippen LogP contribution in [0.25, 0.3) is 0 Å². The van der Waals surface area contributed by atoms with Gasteiger partial charge in [-0.15, -0.1) is 0 Å². The van der Waals surface area contributed by atoms with Crippen LogP contribution in [0.2, 0.25) is 0 Å². The number of para-hydroxylation sites is 1. The van der Waals surface area contributed by atoms with Crippen LogP contribution < -0.4 is 15.2 Å². The first-order chi connectivity index (χ1) is 10.1. The second-order valence-electron chi connectivity index (χ2n) is 5.51. The van der Waals surface area contributed by atoms with Crippen molar-refractivity contribution in [2.75, 3.05) is 12.3 Å². The van der Waals surface area contributed by atoms with Gasteiger partial charge in [0.2, 0.25) is 0 Å². The van der Waals surface area contributed by atoms with Crippen molar-refractivity contribution in [3.05, 3.63) is 54.1 Å². The number of carbonyl (C=O) groups excluding carboxylic acids is 1. The van der Waals surface area contributed by atoms with Crippen molar-refractivity contribution in [2.45, 2.75) is 18.9 Å². The van der Waals surface area contributed by atoms with Crippen LogP contribution in [0.3, 0.4) is 0 Å². The normalized spacial score (nSPS) is 20.5. The van der Waals surface area contributed by atoms with Gasteiger partial charge in [-0.2, -0.15) is 0 Å². The van der Waals surface area contributed by atoms with E-state index in [0.29, 0.717) is 35.8 Å². The highest BCUT2D eigenvalue weighted by Crippen LogP contribution is 2.33. The highest BCUT2D eigenvalue weighted by molar-refractivity contribution is 6.00. The summed E-state index contributed by atoms with van der Waals surface area (Å²) >= 11 is 0. The van der Waals surface area contributed by atoms with Crippen LogP contribution in [0.15, 0.2) is 48.5 Å². The first-order valence-electron chi connectivity index (χ1n) is 6.85. The lowest BCUT2D eigenvalue weighted by atomic mass is 9.92. The number of benzene rings is 2. The third-order valence-electron chi connectivity index (χ3n) is 3.50. The zero-order valence-corrected chi connectivity index (χ0v) is 11.8. The Kier molecular flexibility index (Phi) is 3.29. The number of hydrogen-bond donors (Lipinski definition) is 1. The lowest BCUT2D eigenvalue weighted by Gasteiger charge is -2.34. The molecule has 0 saturated heterocycles. The van der Waals surface area contributed by atoms with E-state index in [4.69, 9.17) is 15.2 Å². The Morgan fingerprint density at radius 1 is 1.19 bits per heavy atom. The maximum atomic E-state index is 12.2. The summed E-state index contributed by atoms with van der Waals surface area (Å²) in [5, 5.41) is 0. The predicted molar refractivity (Wildman–Crippen MR) is 80.8 cm³/mol. The average molecular weight is 283 g/mol. The summed E-state index contributed by atoms with van der Waals surface area (Å²) in [6, 6.07) is 14.5. The number of ether oxygens (including phenoxy) is 2. The molecule has 3 rings (SSSR count). The fourth-order valence-corrected chi connectivity index (χ4v) is 2.40. The number of hydrogen-bond acceptors (Lipinski definition) is 4. The molecular weight excluding hydrogens is 266 g/mol. The van der Waals surface area contributed by atoms with E-state index in [1.165, 1.54) is 0 Å². The van der Waals surface area contributed by atoms with Crippen LogP contribution in [-0.4, -0.2) is 18.0 Å². The number of nitrogen functional groups attached to an aromatic ring is 1. The first kappa shape index (κ1) is 13.5. The van der Waals surface area contributed by atoms with Gasteiger partial charge in [-0.3, -0.25) is 4.79 Å². The number of nitrogens with two attached hydrogens (primary N) is 1. The first-order valence-corrected chi connectivity index (χ1v) is 6.85. The van der Waals surface area contributed by atoms with Crippen LogP contribution in [0.5, 0.6) is 11.5 Å². The third-order valence-corrected chi connectivity index (χ3v) is 3.50. The molecule has 0 spiro atoms. The Hall–Kier alpha value is -2.49. The number of fused-ring (bicyclic) bond motifs is 1. The number of ketones is 1. The summed E-state index contributed by atoms with van der Waals surface area (Å²) in [5.74, 6) is 1.41. The molecule has 1 atom stereocenters. The molecule has 2 N–H and O–H groups in total. The van der Waals surface area contributed by atoms with Crippen molar-refractivity contribution >= 4 is 11.5 Å². The molecule has 21 heavy (non-hydrogen) atoms. The standard InChI is InChI=1S/C17H17NO3/c1-17(11-20-13-8-6-12(18)7-9-13)10-15(19)14-4-2-3-5-16(14)21-17/h2-9H,10-11,18H2,1H3. The molecule has 0 radical (unpaired) electrons. The predicted octanol–water partition coefficient (Wildman–Crippen LogP) is 3.07. The van der Waals surface area contributed by atoms with Crippen molar-refractivity contribution in [1.82, 2.24) is 0 Å². The molecule has 4 heteroatoms. The molecule has 1 aliphatic rings. The smallest absolute Gasteiger partial charge is 0.170 e. The quantitative estimate of drug-likeness (QED) is 0.879. The summed E-state index contributed by atoms with van der Waals surface area (Å²) in [4.78, 5) is 12.2. The van der Waals surface area contributed by atoms with E-state index < -0.39 is 5.60 Å². The summed E-state index contributed by atoms with van der Waals surface area (Å²) in [6.07, 6.45) is 0.305. The van der Waals surface area contributed by atoms with Gasteiger partial charge >= 0.3 is 0 Å². The molecule has 0 amide bonds. The monoisotopic (exact) mass is 283 g/mol. The van der Waals surface area contributed by atoms with Crippen LogP contribution in [0.4, 0.5) is 5.69 Å². The third kappa shape index (κ3) is 2.84. The van der Waals surface area contributed by atoms with E-state index >= 15 is 0 Å². The molecule has 0 aliphatic carbocycles. The summed E-state index contributed by atoms with van der Waals surface area (Å²) < 4.78 is 11.7. The number of anilines is 1. The lowest BCUT2D eigenvalue weighted by Crippen LogP contribution is -2.44. The Bertz CT molecular complexity index is 666. The van der Waals surface area contributed by atoms with Crippen molar-refractivity contribution in [3.8, 4) is 11.5 Å². The van der Waals surface area contributed by atoms with E-state index in [-0.39, 0.29) is 5.78 Å². The zero-order valence-electron chi connectivity index (χ0n) is 11.8. The van der Waals surface area contributed by atoms with E-state index in [9.17, 15) is 4.79 Å². The van der Waals surface area contributed by atoms with E-state index in [0.717, 1.165) is 0 Å². The maximum Gasteiger partial charge on any atom is 0.170 e. The molecule has 1 aliphatic heterocycles. The van der Waals surface area contributed by atoms with Crippen molar-refractivity contribution in [2.24, 2.45) is 0 Å². The van der Waals surface area contributed by atoms with Crippen LogP contribution in [0.1, 0.15) is 23.7 Å². The minimum absolute atomic E-state index is 0.0836. The molecular formula is C17H17NO3. The molecule has 2 aromatic rings. The Labute approximate surface area is 123 Å². The molecule has 108 valence electrons. The largest absolute Gasteiger partial charge is 0.489 e. The molecule has 0 fully saturated rings. The number of carbonyl (C=O) groups is 1. The SMILES string of the molecule is CC1(COc2ccc(N)cc2)CC(=O)c2ccccc2O1. The average Bonchev–Trinajstić information content (AvgIpc) is 2.47. The van der Waals surface area contributed by atoms with Gasteiger partial charge in [0.15, 0.2) is 5.78 Å². The molecule has 4 nitrogen and oxygen atoms in total. The highest BCUT2D eigenvalue weighted by Gasteiger charge is 2.37. The van der Waals surface area contributed by atoms with Crippen LogP contribution in [-0.2, 0) is 0 Å². The maximum absolute atomic E-state index is 12.2. The fourth-order valence-electron chi connectivity index (χ4n) is 2.40. The Morgan fingerprint density at radius 3 is 2.67 bits per heavy atom. The Balaban J connectivity index is 1.74. The minimum Gasteiger partial charge on any atom is -0.489 e. The Morgan fingerprint density at radius 2 is 1.90 bits per heavy atom. The van der Waals surface area contributed by atoms with E-state index in [2.05, 4.69) is 0 Å². The van der Waals surface area contributed by atoms with Gasteiger partial charge in [-0.25, -0.2) is 0 Å². The molecule has 1 unspecified atom stereocenters. The minimum atomic E-state index is -0.660. The molecule has 2 aromatic carbocycles. The van der Waals surface area contributed by atoms with Gasteiger partial charge < -0.3 is 15.2 Å². The zero-order chi connectivity index (χ0) is 14.9. The van der Waals surface area contributed by atoms with Gasteiger partial charge in [0, 0.05) is 5.69 Å². The number of Topliss-reactive ketones (excluding diaryl/α,β-unsaturated/α-hetero) is 1. The topological polar surface area (TPSA) is 61.5 Å². The van der Waals surface area contributed by atoms with Crippen molar-refractivity contribution in [1.29, 1.82) is 0 Å². The van der Waals surface area contributed by atoms with Crippen LogP contribution in [0, 0.1) is 0 Å². The summed E-state index contributed by atoms with van der Waals surface area (Å²) in [6.45, 7) is 2.19. The molecule has 0 aromatic heterocycles. The molecule has 0 bridgehead atoms. The summed E-state index contributed by atoms with van der Waals surface area (Å²) in [5.41, 5.74) is 6.31. The van der Waals surface area contributed by atoms with Crippen molar-refractivity contribution in [3.63, 3.8) is 0 Å².